The van der Waals surface area contributed by atoms with E-state index in [1.807, 2.05) is 0 Å². The van der Waals surface area contributed by atoms with Gasteiger partial charge in [0.25, 0.3) is 10.0 Å². The molecule has 3 N–H and O–H groups in total. The Morgan fingerprint density at radius 2 is 1.75 bits per heavy atom. The molecule has 2 rings (SSSR count). The molecular formula is C11H8Cl3N3O2S. The van der Waals surface area contributed by atoms with Crippen LogP contribution in [-0.2, 0) is 10.0 Å². The summed E-state index contributed by atoms with van der Waals surface area (Å²) in [6.07, 6.45) is 1.11. The van der Waals surface area contributed by atoms with Crippen LogP contribution in [0.3, 0.4) is 0 Å². The van der Waals surface area contributed by atoms with Crippen molar-refractivity contribution in [3.05, 3.63) is 45.5 Å². The molecule has 0 spiro atoms. The van der Waals surface area contributed by atoms with Crippen molar-refractivity contribution in [3.63, 3.8) is 0 Å². The van der Waals surface area contributed by atoms with Crippen LogP contribution < -0.4 is 10.5 Å². The van der Waals surface area contributed by atoms with E-state index in [-0.39, 0.29) is 26.4 Å². The normalized spacial score (nSPS) is 11.3. The van der Waals surface area contributed by atoms with Gasteiger partial charge in [0.15, 0.2) is 0 Å². The lowest BCUT2D eigenvalue weighted by Crippen LogP contribution is -2.13. The predicted molar refractivity (Wildman–Crippen MR) is 80.9 cm³/mol. The van der Waals surface area contributed by atoms with Crippen LogP contribution in [0.4, 0.5) is 11.5 Å². The standard InChI is InChI=1S/C11H8Cl3N3O2S/c12-8-2-1-6(3-9(8)13)17-20(18,19)7-4-10(14)11(15)16-5-7/h1-5,17H,(H2,15,16). The molecule has 2 aromatic rings. The molecule has 106 valence electrons. The third kappa shape index (κ3) is 3.27. The van der Waals surface area contributed by atoms with Gasteiger partial charge in [-0.1, -0.05) is 34.8 Å². The molecule has 0 aliphatic heterocycles. The van der Waals surface area contributed by atoms with E-state index in [2.05, 4.69) is 9.71 Å². The van der Waals surface area contributed by atoms with Crippen LogP contribution in [0.25, 0.3) is 0 Å². The van der Waals surface area contributed by atoms with E-state index in [0.717, 1.165) is 6.20 Å². The average Bonchev–Trinajstić information content (AvgIpc) is 2.37. The number of nitrogens with one attached hydrogen (secondary N) is 1. The highest BCUT2D eigenvalue weighted by atomic mass is 35.5. The topological polar surface area (TPSA) is 85.1 Å². The first-order valence-electron chi connectivity index (χ1n) is 5.18. The van der Waals surface area contributed by atoms with E-state index < -0.39 is 10.0 Å². The van der Waals surface area contributed by atoms with Gasteiger partial charge >= 0.3 is 0 Å². The number of halogens is 3. The molecule has 9 heteroatoms. The molecule has 0 amide bonds. The smallest absolute Gasteiger partial charge is 0.263 e. The number of anilines is 2. The second kappa shape index (κ2) is 5.65. The second-order valence-electron chi connectivity index (χ2n) is 3.77. The molecule has 0 radical (unpaired) electrons. The maximum atomic E-state index is 12.1. The minimum absolute atomic E-state index is 0.0557. The van der Waals surface area contributed by atoms with Crippen LogP contribution in [0.5, 0.6) is 0 Å². The summed E-state index contributed by atoms with van der Waals surface area (Å²) in [5, 5.41) is 0.620. The third-order valence-electron chi connectivity index (χ3n) is 2.33. The maximum Gasteiger partial charge on any atom is 0.263 e. The second-order valence-corrected chi connectivity index (χ2v) is 6.68. The fourth-order valence-electron chi connectivity index (χ4n) is 1.35. The Morgan fingerprint density at radius 3 is 2.35 bits per heavy atom. The monoisotopic (exact) mass is 351 g/mol. The summed E-state index contributed by atoms with van der Waals surface area (Å²) in [6, 6.07) is 5.57. The van der Waals surface area contributed by atoms with Gasteiger partial charge < -0.3 is 5.73 Å². The number of nitrogen functional groups attached to an aromatic ring is 1. The molecule has 0 aliphatic rings. The number of aromatic nitrogens is 1. The maximum absolute atomic E-state index is 12.1. The summed E-state index contributed by atoms with van der Waals surface area (Å²) in [6.45, 7) is 0. The number of hydrogen-bond donors (Lipinski definition) is 2. The zero-order valence-corrected chi connectivity index (χ0v) is 12.9. The lowest BCUT2D eigenvalue weighted by molar-refractivity contribution is 0.601. The first-order valence-corrected chi connectivity index (χ1v) is 7.80. The van der Waals surface area contributed by atoms with Gasteiger partial charge in [-0.2, -0.15) is 0 Å². The van der Waals surface area contributed by atoms with Crippen LogP contribution in [0.1, 0.15) is 0 Å². The number of hydrogen-bond acceptors (Lipinski definition) is 4. The van der Waals surface area contributed by atoms with Gasteiger partial charge in [0.2, 0.25) is 0 Å². The number of nitrogens with zero attached hydrogens (tertiary/aromatic N) is 1. The molecule has 0 fully saturated rings. The average molecular weight is 353 g/mol. The van der Waals surface area contributed by atoms with Crippen molar-refractivity contribution in [3.8, 4) is 0 Å². The number of pyridine rings is 1. The van der Waals surface area contributed by atoms with Crippen LogP contribution in [0.2, 0.25) is 15.1 Å². The van der Waals surface area contributed by atoms with Gasteiger partial charge in [-0.05, 0) is 24.3 Å². The van der Waals surface area contributed by atoms with Crippen molar-refractivity contribution in [2.75, 3.05) is 10.5 Å². The molecule has 20 heavy (non-hydrogen) atoms. The van der Waals surface area contributed by atoms with Crippen molar-refractivity contribution >= 4 is 56.3 Å². The van der Waals surface area contributed by atoms with E-state index in [4.69, 9.17) is 40.5 Å². The summed E-state index contributed by atoms with van der Waals surface area (Å²) in [5.74, 6) is 0.0557. The molecule has 0 saturated heterocycles. The Hall–Kier alpha value is -1.21. The fraction of sp³-hybridized carbons (Fsp3) is 0. The molecule has 5 nitrogen and oxygen atoms in total. The van der Waals surface area contributed by atoms with Gasteiger partial charge in [0.05, 0.1) is 20.8 Å². The lowest BCUT2D eigenvalue weighted by atomic mass is 10.3. The largest absolute Gasteiger partial charge is 0.382 e. The number of benzene rings is 1. The van der Waals surface area contributed by atoms with Crippen molar-refractivity contribution in [2.45, 2.75) is 4.90 Å². The van der Waals surface area contributed by atoms with Crippen molar-refractivity contribution in [1.29, 1.82) is 0 Å². The molecule has 1 aromatic heterocycles. The van der Waals surface area contributed by atoms with Crippen molar-refractivity contribution < 1.29 is 8.42 Å². The molecule has 0 unspecified atom stereocenters. The Balaban J connectivity index is 2.35. The highest BCUT2D eigenvalue weighted by Crippen LogP contribution is 2.27. The molecule has 0 aliphatic carbocycles. The van der Waals surface area contributed by atoms with E-state index in [9.17, 15) is 8.42 Å². The summed E-state index contributed by atoms with van der Waals surface area (Å²) in [7, 11) is -3.84. The zero-order chi connectivity index (χ0) is 14.9. The minimum Gasteiger partial charge on any atom is -0.382 e. The van der Waals surface area contributed by atoms with Gasteiger partial charge in [-0.25, -0.2) is 13.4 Å². The van der Waals surface area contributed by atoms with Gasteiger partial charge in [0.1, 0.15) is 10.7 Å². The van der Waals surface area contributed by atoms with Gasteiger partial charge in [-0.15, -0.1) is 0 Å². The van der Waals surface area contributed by atoms with Crippen molar-refractivity contribution in [2.24, 2.45) is 0 Å². The van der Waals surface area contributed by atoms with E-state index in [1.165, 1.54) is 24.3 Å². The summed E-state index contributed by atoms with van der Waals surface area (Å²) in [4.78, 5) is 3.59. The first-order chi connectivity index (χ1) is 9.29. The molecule has 0 atom stereocenters. The third-order valence-corrected chi connectivity index (χ3v) is 4.72. The van der Waals surface area contributed by atoms with Crippen LogP contribution in [0, 0.1) is 0 Å². The number of nitrogens with two attached hydrogens (primary N) is 1. The van der Waals surface area contributed by atoms with Crippen molar-refractivity contribution in [1.82, 2.24) is 4.98 Å². The number of rotatable bonds is 3. The molecule has 0 saturated carbocycles. The SMILES string of the molecule is Nc1ncc(S(=O)(=O)Nc2ccc(Cl)c(Cl)c2)cc1Cl. The van der Waals surface area contributed by atoms with Gasteiger partial charge in [0, 0.05) is 6.20 Å². The molecule has 1 heterocycles. The first kappa shape index (κ1) is 15.2. The van der Waals surface area contributed by atoms with E-state index in [1.54, 1.807) is 0 Å². The Labute approximate surface area is 130 Å². The lowest BCUT2D eigenvalue weighted by Gasteiger charge is -2.09. The Bertz CT molecular complexity index is 766. The fourth-order valence-corrected chi connectivity index (χ4v) is 2.90. The van der Waals surface area contributed by atoms with Crippen LogP contribution in [0.15, 0.2) is 35.4 Å². The van der Waals surface area contributed by atoms with Crippen LogP contribution >= 0.6 is 34.8 Å². The highest BCUT2D eigenvalue weighted by molar-refractivity contribution is 7.92. The highest BCUT2D eigenvalue weighted by Gasteiger charge is 2.16. The molecular weight excluding hydrogens is 345 g/mol. The quantitative estimate of drug-likeness (QED) is 0.886. The van der Waals surface area contributed by atoms with E-state index >= 15 is 0 Å². The Morgan fingerprint density at radius 1 is 1.05 bits per heavy atom. The van der Waals surface area contributed by atoms with Crippen LogP contribution in [-0.4, -0.2) is 13.4 Å². The minimum atomic E-state index is -3.84. The summed E-state index contributed by atoms with van der Waals surface area (Å²) in [5.41, 5.74) is 5.70. The molecule has 1 aromatic carbocycles. The molecule has 0 bridgehead atoms. The summed E-state index contributed by atoms with van der Waals surface area (Å²) >= 11 is 17.3. The summed E-state index contributed by atoms with van der Waals surface area (Å²) < 4.78 is 26.6. The van der Waals surface area contributed by atoms with Gasteiger partial charge in [-0.3, -0.25) is 4.72 Å². The van der Waals surface area contributed by atoms with E-state index in [0.29, 0.717) is 5.02 Å². The predicted octanol–water partition coefficient (Wildman–Crippen LogP) is 3.42. The Kier molecular flexibility index (Phi) is 4.29. The zero-order valence-electron chi connectivity index (χ0n) is 9.77. The number of sulfonamides is 1.